The molecule has 0 atom stereocenters. The van der Waals surface area contributed by atoms with Crippen LogP contribution in [0.2, 0.25) is 0 Å². The molecule has 0 spiro atoms. The Morgan fingerprint density at radius 1 is 1.38 bits per heavy atom. The molecule has 0 aromatic heterocycles. The number of benzene rings is 1. The first kappa shape index (κ1) is 9.86. The lowest BCUT2D eigenvalue weighted by atomic mass is 10.4. The number of ketones is 1. The third kappa shape index (κ3) is 2.95. The maximum Gasteiger partial charge on any atom is 0.169 e. The van der Waals surface area contributed by atoms with E-state index in [9.17, 15) is 4.79 Å². The topological polar surface area (TPSA) is 37.3 Å². The van der Waals surface area contributed by atoms with Gasteiger partial charge in [-0.1, -0.05) is 30.0 Å². The van der Waals surface area contributed by atoms with Gasteiger partial charge in [-0.15, -0.1) is 0 Å². The highest BCUT2D eigenvalue weighted by Gasteiger charge is 2.05. The van der Waals surface area contributed by atoms with Gasteiger partial charge >= 0.3 is 0 Å². The van der Waals surface area contributed by atoms with Crippen LogP contribution in [0.1, 0.15) is 6.92 Å². The van der Waals surface area contributed by atoms with Crippen molar-refractivity contribution in [3.8, 4) is 0 Å². The summed E-state index contributed by atoms with van der Waals surface area (Å²) in [6.07, 6.45) is 0.847. The lowest BCUT2D eigenvalue weighted by Gasteiger charge is -2.00. The number of aliphatic hydroxyl groups is 1. The van der Waals surface area contributed by atoms with Gasteiger partial charge in [0.25, 0.3) is 0 Å². The minimum Gasteiger partial charge on any atom is -0.514 e. The summed E-state index contributed by atoms with van der Waals surface area (Å²) in [7, 11) is 0. The Morgan fingerprint density at radius 3 is 2.46 bits per heavy atom. The molecule has 0 amide bonds. The minimum absolute atomic E-state index is 0.128. The first-order chi connectivity index (χ1) is 6.24. The number of Topliss-reactive ketones (excluding diaryl/α,β-unsaturated/α-hetero) is 1. The quantitative estimate of drug-likeness (QED) is 0.456. The van der Waals surface area contributed by atoms with Crippen LogP contribution in [0.3, 0.4) is 0 Å². The molecule has 68 valence electrons. The van der Waals surface area contributed by atoms with Gasteiger partial charge in [-0.05, 0) is 19.1 Å². The molecule has 0 saturated carbocycles. The number of aliphatic hydroxyl groups excluding tert-OH is 1. The van der Waals surface area contributed by atoms with Gasteiger partial charge in [-0.25, -0.2) is 0 Å². The van der Waals surface area contributed by atoms with Gasteiger partial charge < -0.3 is 5.11 Å². The molecule has 1 rings (SSSR count). The fourth-order valence-electron chi connectivity index (χ4n) is 0.805. The van der Waals surface area contributed by atoms with Crippen molar-refractivity contribution in [2.75, 3.05) is 0 Å². The van der Waals surface area contributed by atoms with Crippen LogP contribution in [0.15, 0.2) is 46.4 Å². The molecule has 0 heterocycles. The van der Waals surface area contributed by atoms with E-state index >= 15 is 0 Å². The van der Waals surface area contributed by atoms with Crippen molar-refractivity contribution in [1.82, 2.24) is 0 Å². The van der Waals surface area contributed by atoms with Crippen LogP contribution in [0.25, 0.3) is 0 Å². The Hall–Kier alpha value is -1.22. The van der Waals surface area contributed by atoms with Crippen molar-refractivity contribution in [3.05, 3.63) is 41.5 Å². The molecule has 0 aliphatic heterocycles. The summed E-state index contributed by atoms with van der Waals surface area (Å²) in [5.41, 5.74) is 0. The number of allylic oxidation sites excluding steroid dienone is 1. The van der Waals surface area contributed by atoms with Crippen LogP contribution in [-0.2, 0) is 4.79 Å². The van der Waals surface area contributed by atoms with Crippen LogP contribution in [0.4, 0.5) is 0 Å². The molecule has 1 aromatic carbocycles. The normalized spacial score (nSPS) is 11.3. The Morgan fingerprint density at radius 2 is 2.00 bits per heavy atom. The summed E-state index contributed by atoms with van der Waals surface area (Å²) >= 11 is 1.26. The standard InChI is InChI=1S/C10H10O2S/c1-8(12)10(7-11)13-9-5-3-2-4-6-9/h2-7,11H,1H3/b10-7-. The molecule has 2 nitrogen and oxygen atoms in total. The molecule has 1 N–H and O–H groups in total. The monoisotopic (exact) mass is 194 g/mol. The van der Waals surface area contributed by atoms with Gasteiger partial charge in [0.15, 0.2) is 5.78 Å². The van der Waals surface area contributed by atoms with Gasteiger partial charge in [0.05, 0.1) is 11.2 Å². The smallest absolute Gasteiger partial charge is 0.169 e. The summed E-state index contributed by atoms with van der Waals surface area (Å²) in [4.78, 5) is 12.2. The first-order valence-electron chi connectivity index (χ1n) is 3.82. The van der Waals surface area contributed by atoms with E-state index in [4.69, 9.17) is 5.11 Å². The van der Waals surface area contributed by atoms with Crippen LogP contribution >= 0.6 is 11.8 Å². The van der Waals surface area contributed by atoms with Crippen molar-refractivity contribution in [2.24, 2.45) is 0 Å². The molecule has 1 aromatic rings. The van der Waals surface area contributed by atoms with Crippen molar-refractivity contribution in [1.29, 1.82) is 0 Å². The molecular formula is C10H10O2S. The molecule has 3 heteroatoms. The third-order valence-electron chi connectivity index (χ3n) is 1.44. The second-order valence-electron chi connectivity index (χ2n) is 2.46. The van der Waals surface area contributed by atoms with Crippen LogP contribution < -0.4 is 0 Å². The predicted octanol–water partition coefficient (Wildman–Crippen LogP) is 2.77. The average molecular weight is 194 g/mol. The van der Waals surface area contributed by atoms with Crippen molar-refractivity contribution in [2.45, 2.75) is 11.8 Å². The van der Waals surface area contributed by atoms with E-state index in [0.29, 0.717) is 4.91 Å². The van der Waals surface area contributed by atoms with Crippen molar-refractivity contribution < 1.29 is 9.90 Å². The highest BCUT2D eigenvalue weighted by Crippen LogP contribution is 2.25. The molecule has 13 heavy (non-hydrogen) atoms. The number of carbonyl (C=O) groups is 1. The van der Waals surface area contributed by atoms with Gasteiger partial charge in [-0.3, -0.25) is 4.79 Å². The van der Waals surface area contributed by atoms with Gasteiger partial charge in [-0.2, -0.15) is 0 Å². The van der Waals surface area contributed by atoms with Crippen molar-refractivity contribution >= 4 is 17.5 Å². The van der Waals surface area contributed by atoms with E-state index in [1.807, 2.05) is 30.3 Å². The second-order valence-corrected chi connectivity index (χ2v) is 3.58. The van der Waals surface area contributed by atoms with Gasteiger partial charge in [0, 0.05) is 4.90 Å². The van der Waals surface area contributed by atoms with Crippen LogP contribution in [-0.4, -0.2) is 10.9 Å². The first-order valence-corrected chi connectivity index (χ1v) is 4.64. The lowest BCUT2D eigenvalue weighted by Crippen LogP contribution is -1.91. The molecule has 0 unspecified atom stereocenters. The molecule has 0 saturated heterocycles. The van der Waals surface area contributed by atoms with E-state index in [1.165, 1.54) is 18.7 Å². The van der Waals surface area contributed by atoms with Crippen molar-refractivity contribution in [3.63, 3.8) is 0 Å². The van der Waals surface area contributed by atoms with E-state index in [2.05, 4.69) is 0 Å². The Balaban J connectivity index is 2.74. The highest BCUT2D eigenvalue weighted by molar-refractivity contribution is 8.04. The highest BCUT2D eigenvalue weighted by atomic mass is 32.2. The van der Waals surface area contributed by atoms with E-state index < -0.39 is 0 Å². The Kier molecular flexibility index (Phi) is 3.58. The summed E-state index contributed by atoms with van der Waals surface area (Å²) < 4.78 is 0. The second kappa shape index (κ2) is 4.72. The average Bonchev–Trinajstić information content (AvgIpc) is 2.15. The largest absolute Gasteiger partial charge is 0.514 e. The SMILES string of the molecule is CC(=O)/C(=C/O)Sc1ccccc1. The number of hydrogen-bond donors (Lipinski definition) is 1. The fraction of sp³-hybridized carbons (Fsp3) is 0.100. The molecule has 0 aliphatic rings. The number of carbonyl (C=O) groups excluding carboxylic acids is 1. The number of hydrogen-bond acceptors (Lipinski definition) is 3. The molecule has 0 fully saturated rings. The summed E-state index contributed by atoms with van der Waals surface area (Å²) in [5.74, 6) is -0.128. The van der Waals surface area contributed by atoms with E-state index in [-0.39, 0.29) is 5.78 Å². The lowest BCUT2D eigenvalue weighted by molar-refractivity contribution is -0.113. The zero-order chi connectivity index (χ0) is 9.68. The third-order valence-corrected chi connectivity index (χ3v) is 2.56. The summed E-state index contributed by atoms with van der Waals surface area (Å²) in [6.45, 7) is 1.43. The van der Waals surface area contributed by atoms with E-state index in [0.717, 1.165) is 11.2 Å². The fourth-order valence-corrected chi connectivity index (χ4v) is 1.55. The van der Waals surface area contributed by atoms with Gasteiger partial charge in [0.1, 0.15) is 0 Å². The molecule has 0 bridgehead atoms. The van der Waals surface area contributed by atoms with Gasteiger partial charge in [0.2, 0.25) is 0 Å². The Labute approximate surface area is 81.3 Å². The summed E-state index contributed by atoms with van der Waals surface area (Å²) in [5, 5.41) is 8.75. The maximum atomic E-state index is 10.9. The summed E-state index contributed by atoms with van der Waals surface area (Å²) in [6, 6.07) is 9.45. The zero-order valence-corrected chi connectivity index (χ0v) is 8.04. The van der Waals surface area contributed by atoms with Crippen LogP contribution in [0.5, 0.6) is 0 Å². The minimum atomic E-state index is -0.128. The Bertz CT molecular complexity index is 317. The van der Waals surface area contributed by atoms with Crippen LogP contribution in [0, 0.1) is 0 Å². The maximum absolute atomic E-state index is 10.9. The molecule has 0 radical (unpaired) electrons. The number of rotatable bonds is 3. The number of thioether (sulfide) groups is 1. The molecule has 0 aliphatic carbocycles. The predicted molar refractivity (Wildman–Crippen MR) is 53.7 cm³/mol. The van der Waals surface area contributed by atoms with E-state index in [1.54, 1.807) is 0 Å². The zero-order valence-electron chi connectivity index (χ0n) is 7.23. The molecular weight excluding hydrogens is 184 g/mol.